The Hall–Kier alpha value is -5.48. The van der Waals surface area contributed by atoms with Crippen LogP contribution in [-0.4, -0.2) is 11.9 Å². The first-order valence-electron chi connectivity index (χ1n) is 12.9. The molecule has 0 spiro atoms. The van der Waals surface area contributed by atoms with Gasteiger partial charge in [-0.1, -0.05) is 121 Å². The predicted octanol–water partition coefficient (Wildman–Crippen LogP) is 8.53. The van der Waals surface area contributed by atoms with E-state index < -0.39 is 11.9 Å². The fraction of sp³-hybridized carbons (Fsp3) is 0. The molecule has 0 saturated carbocycles. The first-order chi connectivity index (χ1) is 19.7. The smallest absolute Gasteiger partial charge is 0.343 e. The molecule has 4 nitrogen and oxygen atoms in total. The lowest BCUT2D eigenvalue weighted by Crippen LogP contribution is -2.11. The molecule has 0 fully saturated rings. The van der Waals surface area contributed by atoms with Crippen molar-refractivity contribution in [2.75, 3.05) is 0 Å². The van der Waals surface area contributed by atoms with Gasteiger partial charge < -0.3 is 9.47 Å². The number of carbonyl (C=O) groups excluding carboxylic acids is 2. The van der Waals surface area contributed by atoms with Gasteiger partial charge in [0.15, 0.2) is 11.5 Å². The second-order valence-corrected chi connectivity index (χ2v) is 9.29. The monoisotopic (exact) mass is 520 g/mol. The van der Waals surface area contributed by atoms with E-state index in [1.165, 1.54) is 0 Å². The van der Waals surface area contributed by atoms with Crippen molar-refractivity contribution in [2.45, 2.75) is 0 Å². The van der Waals surface area contributed by atoms with Crippen LogP contribution in [0.1, 0.15) is 31.8 Å². The second kappa shape index (κ2) is 11.1. The highest BCUT2D eigenvalue weighted by molar-refractivity contribution is 6.03. The summed E-state index contributed by atoms with van der Waals surface area (Å²) in [7, 11) is 0. The molecule has 6 aromatic carbocycles. The molecule has 0 unspecified atom stereocenters. The van der Waals surface area contributed by atoms with Crippen LogP contribution in [0.2, 0.25) is 0 Å². The Labute approximate surface area is 231 Å². The largest absolute Gasteiger partial charge is 0.418 e. The molecule has 0 amide bonds. The Morgan fingerprint density at radius 3 is 1.10 bits per heavy atom. The summed E-state index contributed by atoms with van der Waals surface area (Å²) in [6.45, 7) is 0. The Morgan fingerprint density at radius 1 is 0.350 bits per heavy atom. The van der Waals surface area contributed by atoms with Gasteiger partial charge >= 0.3 is 11.9 Å². The number of benzene rings is 6. The van der Waals surface area contributed by atoms with Crippen LogP contribution in [0.25, 0.3) is 33.1 Å². The van der Waals surface area contributed by atoms with Gasteiger partial charge in [-0.15, -0.1) is 0 Å². The van der Waals surface area contributed by atoms with Crippen LogP contribution in [0.3, 0.4) is 0 Å². The summed E-state index contributed by atoms with van der Waals surface area (Å²) in [5.74, 6) is -0.808. The van der Waals surface area contributed by atoms with E-state index in [0.717, 1.165) is 21.5 Å². The van der Waals surface area contributed by atoms with Gasteiger partial charge in [-0.25, -0.2) is 9.59 Å². The Balaban J connectivity index is 1.44. The molecule has 0 aromatic heterocycles. The second-order valence-electron chi connectivity index (χ2n) is 9.29. The minimum absolute atomic E-state index is 0.152. The number of hydrogen-bond acceptors (Lipinski definition) is 4. The molecule has 0 aliphatic carbocycles. The van der Waals surface area contributed by atoms with Crippen molar-refractivity contribution in [2.24, 2.45) is 0 Å². The Morgan fingerprint density at radius 2 is 0.700 bits per heavy atom. The van der Waals surface area contributed by atoms with Crippen molar-refractivity contribution in [3.63, 3.8) is 0 Å². The summed E-state index contributed by atoms with van der Waals surface area (Å²) < 4.78 is 12.1. The third kappa shape index (κ3) is 5.24. The molecule has 6 aromatic rings. The molecule has 4 heteroatoms. The van der Waals surface area contributed by atoms with Crippen LogP contribution >= 0.6 is 0 Å². The summed E-state index contributed by atoms with van der Waals surface area (Å²) in [6, 6.07) is 44.8. The van der Waals surface area contributed by atoms with Crippen molar-refractivity contribution in [3.8, 4) is 0 Å². The first kappa shape index (κ1) is 24.8. The first-order valence-corrected chi connectivity index (χ1v) is 12.9. The van der Waals surface area contributed by atoms with E-state index in [1.807, 2.05) is 121 Å². The predicted molar refractivity (Wildman–Crippen MR) is 158 cm³/mol. The SMILES string of the molecule is O=C(OC(=C(OC(=O)c1ccc2ccccc2c1)c1ccccc1)c1ccccc1)c1ccc2ccccc2c1. The zero-order chi connectivity index (χ0) is 27.3. The topological polar surface area (TPSA) is 52.6 Å². The molecule has 0 heterocycles. The van der Waals surface area contributed by atoms with Gasteiger partial charge in [0, 0.05) is 11.1 Å². The van der Waals surface area contributed by atoms with Crippen LogP contribution in [0.5, 0.6) is 0 Å². The molecule has 6 rings (SSSR count). The molecule has 192 valence electrons. The lowest BCUT2D eigenvalue weighted by Gasteiger charge is -2.17. The lowest BCUT2D eigenvalue weighted by atomic mass is 10.1. The Bertz CT molecular complexity index is 1730. The number of ether oxygens (including phenoxy) is 2. The van der Waals surface area contributed by atoms with E-state index >= 15 is 0 Å². The summed E-state index contributed by atoms with van der Waals surface area (Å²) in [5, 5.41) is 3.89. The molecule has 0 bridgehead atoms. The average molecular weight is 521 g/mol. The maximum atomic E-state index is 13.5. The summed E-state index contributed by atoms with van der Waals surface area (Å²) in [5.41, 5.74) is 1.98. The van der Waals surface area contributed by atoms with Gasteiger partial charge in [0.1, 0.15) is 0 Å². The summed E-state index contributed by atoms with van der Waals surface area (Å²) >= 11 is 0. The Kier molecular flexibility index (Phi) is 6.89. The van der Waals surface area contributed by atoms with Gasteiger partial charge in [-0.05, 0) is 45.8 Å². The lowest BCUT2D eigenvalue weighted by molar-refractivity contribution is 0.0647. The normalized spacial score (nSPS) is 11.6. The van der Waals surface area contributed by atoms with Gasteiger partial charge in [0.2, 0.25) is 0 Å². The molecule has 0 N–H and O–H groups in total. The van der Waals surface area contributed by atoms with Crippen LogP contribution in [0, 0.1) is 0 Å². The fourth-order valence-electron chi connectivity index (χ4n) is 4.59. The number of carbonyl (C=O) groups is 2. The number of rotatable bonds is 6. The van der Waals surface area contributed by atoms with E-state index in [9.17, 15) is 9.59 Å². The molecule has 40 heavy (non-hydrogen) atoms. The molecule has 0 aliphatic rings. The average Bonchev–Trinajstić information content (AvgIpc) is 3.02. The molecular formula is C36H24O4. The van der Waals surface area contributed by atoms with E-state index in [-0.39, 0.29) is 11.5 Å². The standard InChI is InChI=1S/C36H24O4/c37-35(31-21-19-25-11-7-9-17-29(25)23-31)39-33(27-13-3-1-4-14-27)34(28-15-5-2-6-16-28)40-36(38)32-22-20-26-12-8-10-18-30(26)24-32/h1-24H. The number of esters is 2. The fourth-order valence-corrected chi connectivity index (χ4v) is 4.59. The van der Waals surface area contributed by atoms with Crippen LogP contribution < -0.4 is 0 Å². The zero-order valence-corrected chi connectivity index (χ0v) is 21.5. The van der Waals surface area contributed by atoms with E-state index in [0.29, 0.717) is 22.3 Å². The zero-order valence-electron chi connectivity index (χ0n) is 21.5. The molecule has 0 atom stereocenters. The van der Waals surface area contributed by atoms with Gasteiger partial charge in [-0.3, -0.25) is 0 Å². The maximum Gasteiger partial charge on any atom is 0.343 e. The minimum Gasteiger partial charge on any atom is -0.418 e. The van der Waals surface area contributed by atoms with Gasteiger partial charge in [0.25, 0.3) is 0 Å². The van der Waals surface area contributed by atoms with E-state index in [4.69, 9.17) is 9.47 Å². The van der Waals surface area contributed by atoms with Crippen molar-refractivity contribution in [1.29, 1.82) is 0 Å². The highest BCUT2D eigenvalue weighted by atomic mass is 16.6. The number of hydrogen-bond donors (Lipinski definition) is 0. The van der Waals surface area contributed by atoms with Crippen LogP contribution in [0.15, 0.2) is 146 Å². The van der Waals surface area contributed by atoms with Gasteiger partial charge in [-0.2, -0.15) is 0 Å². The van der Waals surface area contributed by atoms with Crippen molar-refractivity contribution in [1.82, 2.24) is 0 Å². The van der Waals surface area contributed by atoms with Crippen LogP contribution in [-0.2, 0) is 9.47 Å². The third-order valence-corrected chi connectivity index (χ3v) is 6.64. The van der Waals surface area contributed by atoms with Crippen molar-refractivity contribution < 1.29 is 19.1 Å². The van der Waals surface area contributed by atoms with Crippen molar-refractivity contribution in [3.05, 3.63) is 168 Å². The van der Waals surface area contributed by atoms with Crippen LogP contribution in [0.4, 0.5) is 0 Å². The number of fused-ring (bicyclic) bond motifs is 2. The highest BCUT2D eigenvalue weighted by Gasteiger charge is 2.23. The molecule has 0 saturated heterocycles. The molecule has 0 radical (unpaired) electrons. The summed E-state index contributed by atoms with van der Waals surface area (Å²) in [6.07, 6.45) is 0. The minimum atomic E-state index is -0.556. The molecule has 0 aliphatic heterocycles. The van der Waals surface area contributed by atoms with Crippen molar-refractivity contribution >= 4 is 45.0 Å². The summed E-state index contributed by atoms with van der Waals surface area (Å²) in [4.78, 5) is 27.0. The van der Waals surface area contributed by atoms with E-state index in [2.05, 4.69) is 0 Å². The van der Waals surface area contributed by atoms with E-state index in [1.54, 1.807) is 24.3 Å². The highest BCUT2D eigenvalue weighted by Crippen LogP contribution is 2.31. The third-order valence-electron chi connectivity index (χ3n) is 6.64. The van der Waals surface area contributed by atoms with Gasteiger partial charge in [0.05, 0.1) is 11.1 Å². The quantitative estimate of drug-likeness (QED) is 0.125. The molecular weight excluding hydrogens is 496 g/mol. The maximum absolute atomic E-state index is 13.5.